The van der Waals surface area contributed by atoms with Crippen LogP contribution in [0.2, 0.25) is 5.02 Å². The number of ether oxygens (including phenoxy) is 1. The van der Waals surface area contributed by atoms with Crippen molar-refractivity contribution in [2.45, 2.75) is 12.5 Å². The van der Waals surface area contributed by atoms with Crippen LogP contribution in [0.4, 0.5) is 5.69 Å². The van der Waals surface area contributed by atoms with E-state index in [1.54, 1.807) is 14.0 Å². The molecule has 0 fully saturated rings. The molecule has 0 saturated heterocycles. The van der Waals surface area contributed by atoms with Gasteiger partial charge >= 0.3 is 0 Å². The Balaban J connectivity index is 2.88. The van der Waals surface area contributed by atoms with Crippen LogP contribution in [-0.4, -0.2) is 24.1 Å². The van der Waals surface area contributed by atoms with Crippen LogP contribution in [0, 0.1) is 21.4 Å². The highest BCUT2D eigenvalue weighted by Crippen LogP contribution is 2.29. The van der Waals surface area contributed by atoms with Crippen LogP contribution in [0.1, 0.15) is 6.92 Å². The second-order valence-corrected chi connectivity index (χ2v) is 4.26. The molecular formula is C11H12ClN3O3. The van der Waals surface area contributed by atoms with Gasteiger partial charge in [-0.2, -0.15) is 5.26 Å². The summed E-state index contributed by atoms with van der Waals surface area (Å²) in [6, 6.07) is 5.95. The molecule has 1 unspecified atom stereocenters. The summed E-state index contributed by atoms with van der Waals surface area (Å²) < 4.78 is 5.35. The molecule has 1 aromatic rings. The van der Waals surface area contributed by atoms with Crippen molar-refractivity contribution in [1.82, 2.24) is 5.32 Å². The van der Waals surface area contributed by atoms with E-state index in [9.17, 15) is 10.1 Å². The van der Waals surface area contributed by atoms with Gasteiger partial charge in [-0.25, -0.2) is 0 Å². The van der Waals surface area contributed by atoms with E-state index in [2.05, 4.69) is 5.32 Å². The number of nitriles is 1. The summed E-state index contributed by atoms with van der Waals surface area (Å²) in [7, 11) is 1.63. The first-order valence-corrected chi connectivity index (χ1v) is 5.46. The third-order valence-electron chi connectivity index (χ3n) is 2.44. The molecular weight excluding hydrogens is 258 g/mol. The number of non-ortho nitro benzene ring substituents is 1. The van der Waals surface area contributed by atoms with Crippen molar-refractivity contribution in [2.75, 3.05) is 13.7 Å². The molecule has 1 atom stereocenters. The molecule has 0 bridgehead atoms. The lowest BCUT2D eigenvalue weighted by Gasteiger charge is -2.21. The molecule has 18 heavy (non-hydrogen) atoms. The maximum Gasteiger partial charge on any atom is 0.273 e. The van der Waals surface area contributed by atoms with Gasteiger partial charge in [0.2, 0.25) is 0 Å². The monoisotopic (exact) mass is 269 g/mol. The van der Waals surface area contributed by atoms with Crippen molar-refractivity contribution < 1.29 is 9.66 Å². The Bertz CT molecular complexity index is 501. The van der Waals surface area contributed by atoms with Crippen LogP contribution in [0.3, 0.4) is 0 Å². The minimum Gasteiger partial charge on any atom is -0.489 e. The van der Waals surface area contributed by atoms with Crippen molar-refractivity contribution >= 4 is 17.3 Å². The van der Waals surface area contributed by atoms with Crippen molar-refractivity contribution in [3.8, 4) is 11.8 Å². The SMILES string of the molecule is CNC(C)(C#N)COc1cc([N+](=O)[O-])ccc1Cl. The number of nitro groups is 1. The molecule has 0 aliphatic heterocycles. The molecule has 0 amide bonds. The summed E-state index contributed by atoms with van der Waals surface area (Å²) >= 11 is 5.87. The number of hydrogen-bond acceptors (Lipinski definition) is 5. The molecule has 1 rings (SSSR count). The van der Waals surface area contributed by atoms with E-state index in [0.29, 0.717) is 0 Å². The highest BCUT2D eigenvalue weighted by molar-refractivity contribution is 6.32. The Hall–Kier alpha value is -1.84. The fraction of sp³-hybridized carbons (Fsp3) is 0.364. The summed E-state index contributed by atoms with van der Waals surface area (Å²) in [5.41, 5.74) is -0.994. The summed E-state index contributed by atoms with van der Waals surface area (Å²) in [5.74, 6) is 0.183. The van der Waals surface area contributed by atoms with Crippen LogP contribution in [0.25, 0.3) is 0 Å². The average Bonchev–Trinajstić information content (AvgIpc) is 2.37. The molecule has 0 spiro atoms. The fourth-order valence-electron chi connectivity index (χ4n) is 1.10. The molecule has 0 saturated carbocycles. The van der Waals surface area contributed by atoms with E-state index in [4.69, 9.17) is 21.6 Å². The molecule has 1 N–H and O–H groups in total. The Morgan fingerprint density at radius 2 is 2.33 bits per heavy atom. The predicted molar refractivity (Wildman–Crippen MR) is 66.7 cm³/mol. The average molecular weight is 270 g/mol. The second-order valence-electron chi connectivity index (χ2n) is 3.85. The van der Waals surface area contributed by atoms with E-state index in [-0.39, 0.29) is 23.1 Å². The number of nitrogens with one attached hydrogen (secondary N) is 1. The molecule has 0 aliphatic rings. The Morgan fingerprint density at radius 1 is 1.67 bits per heavy atom. The molecule has 0 aromatic heterocycles. The maximum absolute atomic E-state index is 10.6. The number of nitro benzene ring substituents is 1. The molecule has 1 aromatic carbocycles. The van der Waals surface area contributed by atoms with Gasteiger partial charge in [0.05, 0.1) is 22.1 Å². The lowest BCUT2D eigenvalue weighted by atomic mass is 10.1. The van der Waals surface area contributed by atoms with Crippen LogP contribution >= 0.6 is 11.6 Å². The van der Waals surface area contributed by atoms with E-state index in [0.717, 1.165) is 0 Å². The smallest absolute Gasteiger partial charge is 0.273 e. The van der Waals surface area contributed by atoms with Gasteiger partial charge in [0.1, 0.15) is 17.9 Å². The first-order chi connectivity index (χ1) is 8.41. The predicted octanol–water partition coefficient (Wildman–Crippen LogP) is 2.13. The largest absolute Gasteiger partial charge is 0.489 e. The number of halogens is 1. The number of nitrogens with zero attached hydrogens (tertiary/aromatic N) is 2. The summed E-state index contributed by atoms with van der Waals surface area (Å²) in [5, 5.41) is 22.6. The van der Waals surface area contributed by atoms with Crippen LogP contribution < -0.4 is 10.1 Å². The second kappa shape index (κ2) is 5.67. The zero-order chi connectivity index (χ0) is 13.8. The summed E-state index contributed by atoms with van der Waals surface area (Å²) in [6.07, 6.45) is 0. The first-order valence-electron chi connectivity index (χ1n) is 5.09. The van der Waals surface area contributed by atoms with Gasteiger partial charge in [-0.05, 0) is 20.0 Å². The van der Waals surface area contributed by atoms with Crippen LogP contribution in [-0.2, 0) is 0 Å². The van der Waals surface area contributed by atoms with Crippen molar-refractivity contribution in [2.24, 2.45) is 0 Å². The topological polar surface area (TPSA) is 88.2 Å². The van der Waals surface area contributed by atoms with E-state index in [1.807, 2.05) is 6.07 Å². The third-order valence-corrected chi connectivity index (χ3v) is 2.75. The summed E-state index contributed by atoms with van der Waals surface area (Å²) in [6.45, 7) is 1.68. The minimum absolute atomic E-state index is 0.0287. The number of benzene rings is 1. The maximum atomic E-state index is 10.6. The molecule has 6 nitrogen and oxygen atoms in total. The molecule has 0 radical (unpaired) electrons. The molecule has 7 heteroatoms. The minimum atomic E-state index is -0.881. The Morgan fingerprint density at radius 3 is 2.83 bits per heavy atom. The van der Waals surface area contributed by atoms with Crippen molar-refractivity contribution in [1.29, 1.82) is 5.26 Å². The number of likely N-dealkylation sites (N-methyl/N-ethyl adjacent to an activating group) is 1. The highest BCUT2D eigenvalue weighted by atomic mass is 35.5. The fourth-order valence-corrected chi connectivity index (χ4v) is 1.27. The highest BCUT2D eigenvalue weighted by Gasteiger charge is 2.23. The lowest BCUT2D eigenvalue weighted by Crippen LogP contribution is -2.43. The first kappa shape index (κ1) is 14.2. The van der Waals surface area contributed by atoms with E-state index >= 15 is 0 Å². The molecule has 96 valence electrons. The third kappa shape index (κ3) is 3.32. The van der Waals surface area contributed by atoms with E-state index < -0.39 is 10.5 Å². The normalized spacial score (nSPS) is 13.4. The number of rotatable bonds is 5. The number of hydrogen-bond donors (Lipinski definition) is 1. The van der Waals surface area contributed by atoms with Gasteiger partial charge in [-0.1, -0.05) is 11.6 Å². The van der Waals surface area contributed by atoms with Gasteiger partial charge in [0, 0.05) is 6.07 Å². The quantitative estimate of drug-likeness (QED) is 0.653. The van der Waals surface area contributed by atoms with Gasteiger partial charge in [0.25, 0.3) is 5.69 Å². The zero-order valence-electron chi connectivity index (χ0n) is 9.94. The summed E-state index contributed by atoms with van der Waals surface area (Å²) in [4.78, 5) is 10.1. The van der Waals surface area contributed by atoms with Crippen LogP contribution in [0.5, 0.6) is 5.75 Å². The van der Waals surface area contributed by atoms with Gasteiger partial charge < -0.3 is 4.74 Å². The van der Waals surface area contributed by atoms with Gasteiger partial charge in [-0.15, -0.1) is 0 Å². The Labute approximate surface area is 109 Å². The van der Waals surface area contributed by atoms with E-state index in [1.165, 1.54) is 18.2 Å². The zero-order valence-corrected chi connectivity index (χ0v) is 10.7. The molecule has 0 heterocycles. The van der Waals surface area contributed by atoms with Crippen molar-refractivity contribution in [3.63, 3.8) is 0 Å². The standard InChI is InChI=1S/C11H12ClN3O3/c1-11(6-13,14-2)7-18-10-5-8(15(16)17)3-4-9(10)12/h3-5,14H,7H2,1-2H3. The van der Waals surface area contributed by atoms with Crippen molar-refractivity contribution in [3.05, 3.63) is 33.3 Å². The van der Waals surface area contributed by atoms with Gasteiger partial charge in [-0.3, -0.25) is 15.4 Å². The van der Waals surface area contributed by atoms with Gasteiger partial charge in [0.15, 0.2) is 0 Å². The van der Waals surface area contributed by atoms with Crippen LogP contribution in [0.15, 0.2) is 18.2 Å². The lowest BCUT2D eigenvalue weighted by molar-refractivity contribution is -0.384. The Kier molecular flexibility index (Phi) is 4.48. The molecule has 0 aliphatic carbocycles.